The van der Waals surface area contributed by atoms with Gasteiger partial charge in [-0.2, -0.15) is 4.98 Å². The van der Waals surface area contributed by atoms with Crippen LogP contribution >= 0.6 is 23.2 Å². The van der Waals surface area contributed by atoms with Crippen molar-refractivity contribution in [1.82, 2.24) is 9.38 Å². The molecule has 0 saturated heterocycles. The molecular weight excluding hydrogens is 339 g/mol. The molecule has 0 amide bonds. The number of pyridine rings is 1. The Morgan fingerprint density at radius 2 is 2.04 bits per heavy atom. The molecule has 1 aromatic carbocycles. The Hall–Kier alpha value is -2.37. The highest BCUT2D eigenvalue weighted by atomic mass is 35.5. The Balaban J connectivity index is 2.22. The zero-order chi connectivity index (χ0) is 16.6. The molecule has 7 heteroatoms. The second-order valence-corrected chi connectivity index (χ2v) is 5.66. The van der Waals surface area contributed by atoms with Gasteiger partial charge in [0.2, 0.25) is 5.88 Å². The fourth-order valence-corrected chi connectivity index (χ4v) is 2.58. The van der Waals surface area contributed by atoms with Gasteiger partial charge >= 0.3 is 0 Å². The number of nitrogens with zero attached hydrogens (tertiary/aromatic N) is 2. The van der Waals surface area contributed by atoms with Crippen LogP contribution in [0, 0.1) is 6.92 Å². The number of carbonyl (C=O) groups excluding carboxylic acids is 1. The molecule has 3 aromatic rings. The Morgan fingerprint density at radius 1 is 1.26 bits per heavy atom. The number of fused-ring (bicyclic) bond motifs is 1. The number of aldehydes is 1. The quantitative estimate of drug-likeness (QED) is 0.673. The van der Waals surface area contributed by atoms with Crippen LogP contribution in [0.2, 0.25) is 10.0 Å². The number of hydrogen-bond donors (Lipinski definition) is 0. The van der Waals surface area contributed by atoms with Crippen molar-refractivity contribution < 1.29 is 9.53 Å². The van der Waals surface area contributed by atoms with Crippen LogP contribution in [0.4, 0.5) is 0 Å². The summed E-state index contributed by atoms with van der Waals surface area (Å²) in [5, 5.41) is 0.696. The molecule has 5 nitrogen and oxygen atoms in total. The normalized spacial score (nSPS) is 10.7. The molecular formula is C16H10Cl2N2O3. The summed E-state index contributed by atoms with van der Waals surface area (Å²) >= 11 is 11.9. The molecule has 3 rings (SSSR count). The summed E-state index contributed by atoms with van der Waals surface area (Å²) in [6.07, 6.45) is 1.97. The standard InChI is InChI=1S/C16H10Cl2N2O3/c1-9-3-2-6-20-14(9)19-15(11(8-21)16(20)22)23-13-5-4-10(17)7-12(13)18/h2-8H,1H3. The lowest BCUT2D eigenvalue weighted by molar-refractivity contribution is 0.111. The highest BCUT2D eigenvalue weighted by molar-refractivity contribution is 6.35. The second kappa shape index (κ2) is 6.02. The zero-order valence-corrected chi connectivity index (χ0v) is 13.4. The number of hydrogen-bond acceptors (Lipinski definition) is 4. The minimum Gasteiger partial charge on any atom is -0.436 e. The van der Waals surface area contributed by atoms with Gasteiger partial charge in [0.15, 0.2) is 6.29 Å². The van der Waals surface area contributed by atoms with Crippen LogP contribution in [0.15, 0.2) is 41.3 Å². The van der Waals surface area contributed by atoms with Crippen LogP contribution in [-0.2, 0) is 0 Å². The number of rotatable bonds is 3. The molecule has 116 valence electrons. The summed E-state index contributed by atoms with van der Waals surface area (Å²) in [5.74, 6) is 0.160. The molecule has 0 radical (unpaired) electrons. The van der Waals surface area contributed by atoms with E-state index < -0.39 is 5.56 Å². The topological polar surface area (TPSA) is 60.7 Å². The number of aromatic nitrogens is 2. The number of carbonyl (C=O) groups is 1. The van der Waals surface area contributed by atoms with Crippen LogP contribution < -0.4 is 10.3 Å². The molecule has 23 heavy (non-hydrogen) atoms. The van der Waals surface area contributed by atoms with Crippen LogP contribution in [0.3, 0.4) is 0 Å². The second-order valence-electron chi connectivity index (χ2n) is 4.82. The van der Waals surface area contributed by atoms with Gasteiger partial charge in [0.05, 0.1) is 5.02 Å². The van der Waals surface area contributed by atoms with Gasteiger partial charge in [-0.1, -0.05) is 29.3 Å². The Morgan fingerprint density at radius 3 is 2.74 bits per heavy atom. The van der Waals surface area contributed by atoms with Crippen molar-refractivity contribution in [2.45, 2.75) is 6.92 Å². The average Bonchev–Trinajstić information content (AvgIpc) is 2.51. The third-order valence-corrected chi connectivity index (χ3v) is 3.80. The highest BCUT2D eigenvalue weighted by Crippen LogP contribution is 2.31. The first-order valence-electron chi connectivity index (χ1n) is 6.61. The lowest BCUT2D eigenvalue weighted by atomic mass is 10.2. The van der Waals surface area contributed by atoms with E-state index >= 15 is 0 Å². The molecule has 0 aliphatic carbocycles. The fraction of sp³-hybridized carbons (Fsp3) is 0.0625. The van der Waals surface area contributed by atoms with E-state index in [2.05, 4.69) is 4.98 Å². The van der Waals surface area contributed by atoms with Gasteiger partial charge in [-0.05, 0) is 36.8 Å². The molecule has 0 atom stereocenters. The van der Waals surface area contributed by atoms with Crippen molar-refractivity contribution in [3.8, 4) is 11.6 Å². The molecule has 0 aliphatic rings. The first-order chi connectivity index (χ1) is 11.0. The Kier molecular flexibility index (Phi) is 4.07. The summed E-state index contributed by atoms with van der Waals surface area (Å²) in [7, 11) is 0. The Labute approximate surface area is 141 Å². The SMILES string of the molecule is Cc1cccn2c(=O)c(C=O)c(Oc3ccc(Cl)cc3Cl)nc12. The number of halogens is 2. The van der Waals surface area contributed by atoms with Crippen LogP contribution in [0.1, 0.15) is 15.9 Å². The van der Waals surface area contributed by atoms with Gasteiger partial charge in [0.1, 0.15) is 17.0 Å². The molecule has 0 spiro atoms. The van der Waals surface area contributed by atoms with Gasteiger partial charge in [-0.3, -0.25) is 14.0 Å². The molecule has 2 heterocycles. The zero-order valence-electron chi connectivity index (χ0n) is 11.9. The first-order valence-corrected chi connectivity index (χ1v) is 7.37. The van der Waals surface area contributed by atoms with Crippen molar-refractivity contribution >= 4 is 35.1 Å². The largest absolute Gasteiger partial charge is 0.436 e. The van der Waals surface area contributed by atoms with Crippen LogP contribution in [-0.4, -0.2) is 15.7 Å². The lowest BCUT2D eigenvalue weighted by Crippen LogP contribution is -2.21. The van der Waals surface area contributed by atoms with Gasteiger partial charge < -0.3 is 4.74 Å². The van der Waals surface area contributed by atoms with Crippen LogP contribution in [0.25, 0.3) is 5.65 Å². The van der Waals surface area contributed by atoms with Crippen molar-refractivity contribution in [1.29, 1.82) is 0 Å². The van der Waals surface area contributed by atoms with Gasteiger partial charge in [0, 0.05) is 11.2 Å². The summed E-state index contributed by atoms with van der Waals surface area (Å²) in [5.41, 5.74) is 0.491. The minimum atomic E-state index is -0.506. The molecule has 0 fully saturated rings. The summed E-state index contributed by atoms with van der Waals surface area (Å²) in [6.45, 7) is 1.81. The van der Waals surface area contributed by atoms with E-state index in [0.717, 1.165) is 5.56 Å². The van der Waals surface area contributed by atoms with Crippen molar-refractivity contribution in [3.05, 3.63) is 68.1 Å². The van der Waals surface area contributed by atoms with Gasteiger partial charge in [0.25, 0.3) is 5.56 Å². The van der Waals surface area contributed by atoms with E-state index in [1.165, 1.54) is 10.5 Å². The molecule has 0 bridgehead atoms. The summed E-state index contributed by atoms with van der Waals surface area (Å²) in [4.78, 5) is 28.0. The van der Waals surface area contributed by atoms with E-state index in [1.807, 2.05) is 0 Å². The molecule has 0 saturated carbocycles. The van der Waals surface area contributed by atoms with E-state index in [1.54, 1.807) is 37.4 Å². The van der Waals surface area contributed by atoms with E-state index in [-0.39, 0.29) is 22.2 Å². The average molecular weight is 349 g/mol. The lowest BCUT2D eigenvalue weighted by Gasteiger charge is -2.11. The summed E-state index contributed by atoms with van der Waals surface area (Å²) < 4.78 is 6.88. The van der Waals surface area contributed by atoms with Gasteiger partial charge in [-0.15, -0.1) is 0 Å². The van der Waals surface area contributed by atoms with Gasteiger partial charge in [-0.25, -0.2) is 0 Å². The van der Waals surface area contributed by atoms with E-state index in [4.69, 9.17) is 27.9 Å². The highest BCUT2D eigenvalue weighted by Gasteiger charge is 2.16. The number of benzene rings is 1. The van der Waals surface area contributed by atoms with E-state index in [9.17, 15) is 9.59 Å². The maximum absolute atomic E-state index is 12.4. The summed E-state index contributed by atoms with van der Waals surface area (Å²) in [6, 6.07) is 8.14. The maximum Gasteiger partial charge on any atom is 0.272 e. The third-order valence-electron chi connectivity index (χ3n) is 3.27. The smallest absolute Gasteiger partial charge is 0.272 e. The third kappa shape index (κ3) is 2.81. The fourth-order valence-electron chi connectivity index (χ4n) is 2.13. The first kappa shape index (κ1) is 15.5. The molecule has 0 N–H and O–H groups in total. The molecule has 0 aliphatic heterocycles. The van der Waals surface area contributed by atoms with Crippen molar-refractivity contribution in [2.75, 3.05) is 0 Å². The molecule has 0 unspecified atom stereocenters. The van der Waals surface area contributed by atoms with E-state index in [0.29, 0.717) is 17.0 Å². The predicted molar refractivity (Wildman–Crippen MR) is 88.1 cm³/mol. The number of ether oxygens (including phenoxy) is 1. The van der Waals surface area contributed by atoms with Crippen molar-refractivity contribution in [2.24, 2.45) is 0 Å². The van der Waals surface area contributed by atoms with Crippen LogP contribution in [0.5, 0.6) is 11.6 Å². The molecule has 2 aromatic heterocycles. The maximum atomic E-state index is 12.4. The van der Waals surface area contributed by atoms with Crippen molar-refractivity contribution in [3.63, 3.8) is 0 Å². The monoisotopic (exact) mass is 348 g/mol. The predicted octanol–water partition coefficient (Wildman–Crippen LogP) is 3.91. The Bertz CT molecular complexity index is 983. The minimum absolute atomic E-state index is 0.0940. The number of aryl methyl sites for hydroxylation is 1.